The Balaban J connectivity index is 1.71. The molecule has 2 aliphatic heterocycles. The Labute approximate surface area is 183 Å². The van der Waals surface area contributed by atoms with Crippen LogP contribution in [0, 0.1) is 0 Å². The molecule has 9 nitrogen and oxygen atoms in total. The van der Waals surface area contributed by atoms with E-state index in [1.54, 1.807) is 41.0 Å². The number of nitrogens with zero attached hydrogens (tertiary/aromatic N) is 4. The number of carbonyl (C=O) groups excluding carboxylic acids is 3. The van der Waals surface area contributed by atoms with Gasteiger partial charge in [0.05, 0.1) is 12.3 Å². The first-order valence-electron chi connectivity index (χ1n) is 11.0. The zero-order valence-corrected chi connectivity index (χ0v) is 18.1. The lowest BCUT2D eigenvalue weighted by Gasteiger charge is -2.36. The molecule has 0 bridgehead atoms. The summed E-state index contributed by atoms with van der Waals surface area (Å²) >= 11 is 0. The van der Waals surface area contributed by atoms with Crippen molar-refractivity contribution in [2.75, 3.05) is 44.2 Å². The van der Waals surface area contributed by atoms with Crippen molar-refractivity contribution in [3.63, 3.8) is 0 Å². The van der Waals surface area contributed by atoms with Crippen molar-refractivity contribution in [3.8, 4) is 0 Å². The van der Waals surface area contributed by atoms with Crippen LogP contribution in [0.3, 0.4) is 0 Å². The lowest BCUT2D eigenvalue weighted by atomic mass is 10.1. The first-order chi connectivity index (χ1) is 15.1. The summed E-state index contributed by atoms with van der Waals surface area (Å²) in [6.45, 7) is 4.14. The second-order valence-corrected chi connectivity index (χ2v) is 7.55. The minimum atomic E-state index is -0.511. The summed E-state index contributed by atoms with van der Waals surface area (Å²) in [6.07, 6.45) is 4.55. The topological polar surface area (TPSA) is 94.5 Å². The van der Waals surface area contributed by atoms with Crippen molar-refractivity contribution in [1.82, 2.24) is 15.1 Å². The molecule has 1 saturated heterocycles. The van der Waals surface area contributed by atoms with E-state index in [2.05, 4.69) is 10.3 Å². The summed E-state index contributed by atoms with van der Waals surface area (Å²) in [6, 6.07) is 7.94. The minimum absolute atomic E-state index is 0.309. The van der Waals surface area contributed by atoms with E-state index in [9.17, 15) is 14.4 Å². The van der Waals surface area contributed by atoms with E-state index in [0.717, 1.165) is 30.6 Å². The Kier molecular flexibility index (Phi) is 8.26. The van der Waals surface area contributed by atoms with E-state index in [-0.39, 0.29) is 6.09 Å². The fourth-order valence-electron chi connectivity index (χ4n) is 3.66. The molecule has 5 amide bonds. The molecule has 168 valence electrons. The first kappa shape index (κ1) is 22.6. The zero-order chi connectivity index (χ0) is 22.1. The Morgan fingerprint density at radius 2 is 1.68 bits per heavy atom. The molecule has 1 aromatic rings. The average molecular weight is 430 g/mol. The molecule has 1 N–H and O–H groups in total. The highest BCUT2D eigenvalue weighted by Crippen LogP contribution is 2.18. The molecule has 2 aliphatic rings. The number of nitrogens with one attached hydrogen (secondary N) is 1. The van der Waals surface area contributed by atoms with Crippen molar-refractivity contribution in [3.05, 3.63) is 30.3 Å². The number of piperazine rings is 1. The summed E-state index contributed by atoms with van der Waals surface area (Å²) in [5.41, 5.74) is 0.490. The highest BCUT2D eigenvalue weighted by atomic mass is 16.6. The molecule has 31 heavy (non-hydrogen) atoms. The maximum atomic E-state index is 13.3. The quantitative estimate of drug-likeness (QED) is 0.779. The van der Waals surface area contributed by atoms with Crippen LogP contribution < -0.4 is 10.2 Å². The first-order valence-corrected chi connectivity index (χ1v) is 11.0. The van der Waals surface area contributed by atoms with Crippen molar-refractivity contribution < 1.29 is 19.1 Å². The molecule has 0 unspecified atom stereocenters. The number of carbonyl (C=O) groups is 3. The normalized spacial score (nSPS) is 17.1. The van der Waals surface area contributed by atoms with Crippen LogP contribution in [0.25, 0.3) is 0 Å². The highest BCUT2D eigenvalue weighted by molar-refractivity contribution is 6.17. The molecular formula is C22H31N5O4. The standard InChI is InChI=1S/C22H31N5O4/c1-2-31-22(30)26-16-14-25(15-17-26)21(29)27(18-10-6-5-7-11-18)20(28)24-19-12-8-3-4-9-13-23-19/h5-7,10-11H,2-4,8-9,12-17H2,1H3,(H,23,24,28). The molecule has 0 radical (unpaired) electrons. The number of amidine groups is 1. The van der Waals surface area contributed by atoms with Crippen LogP contribution in [0.15, 0.2) is 35.3 Å². The number of aliphatic imine (C=N–C) groups is 1. The van der Waals surface area contributed by atoms with Gasteiger partial charge in [-0.3, -0.25) is 10.3 Å². The lowest BCUT2D eigenvalue weighted by Crippen LogP contribution is -2.57. The van der Waals surface area contributed by atoms with Gasteiger partial charge in [-0.1, -0.05) is 31.0 Å². The van der Waals surface area contributed by atoms with Crippen molar-refractivity contribution in [2.45, 2.75) is 39.0 Å². The van der Waals surface area contributed by atoms with E-state index in [4.69, 9.17) is 4.74 Å². The van der Waals surface area contributed by atoms with Crippen LogP contribution in [0.4, 0.5) is 20.1 Å². The van der Waals surface area contributed by atoms with Crippen LogP contribution >= 0.6 is 0 Å². The number of amides is 5. The Morgan fingerprint density at radius 3 is 2.39 bits per heavy atom. The van der Waals surface area contributed by atoms with Crippen LogP contribution in [0.2, 0.25) is 0 Å². The summed E-state index contributed by atoms with van der Waals surface area (Å²) in [5, 5.41) is 2.85. The van der Waals surface area contributed by atoms with Crippen LogP contribution in [0.5, 0.6) is 0 Å². The van der Waals surface area contributed by atoms with Crippen molar-refractivity contribution in [1.29, 1.82) is 0 Å². The molecule has 1 aromatic carbocycles. The molecular weight excluding hydrogens is 398 g/mol. The molecule has 0 atom stereocenters. The maximum Gasteiger partial charge on any atom is 0.409 e. The number of urea groups is 2. The number of imide groups is 1. The van der Waals surface area contributed by atoms with Gasteiger partial charge in [-0.2, -0.15) is 0 Å². The Hall–Kier alpha value is -3.10. The number of para-hydroxylation sites is 1. The summed E-state index contributed by atoms with van der Waals surface area (Å²) in [7, 11) is 0. The van der Waals surface area contributed by atoms with Crippen molar-refractivity contribution >= 4 is 29.7 Å². The fraction of sp³-hybridized carbons (Fsp3) is 0.545. The molecule has 1 fully saturated rings. The third-order valence-electron chi connectivity index (χ3n) is 5.36. The zero-order valence-electron chi connectivity index (χ0n) is 18.1. The van der Waals surface area contributed by atoms with Gasteiger partial charge in [-0.05, 0) is 31.9 Å². The van der Waals surface area contributed by atoms with Crippen LogP contribution in [0.1, 0.15) is 39.0 Å². The third-order valence-corrected chi connectivity index (χ3v) is 5.36. The van der Waals surface area contributed by atoms with Gasteiger partial charge >= 0.3 is 18.2 Å². The van der Waals surface area contributed by atoms with E-state index >= 15 is 0 Å². The number of benzene rings is 1. The number of anilines is 1. The molecule has 2 heterocycles. The monoisotopic (exact) mass is 429 g/mol. The molecule has 0 saturated carbocycles. The van der Waals surface area contributed by atoms with E-state index in [1.165, 1.54) is 0 Å². The number of rotatable bonds is 2. The van der Waals surface area contributed by atoms with Gasteiger partial charge in [0.1, 0.15) is 5.84 Å². The van der Waals surface area contributed by atoms with Crippen LogP contribution in [-0.2, 0) is 4.74 Å². The Bertz CT molecular complexity index is 790. The number of hydrogen-bond donors (Lipinski definition) is 1. The smallest absolute Gasteiger partial charge is 0.409 e. The summed E-state index contributed by atoms with van der Waals surface area (Å²) in [4.78, 5) is 47.2. The van der Waals surface area contributed by atoms with Gasteiger partial charge in [-0.25, -0.2) is 19.3 Å². The predicted octanol–water partition coefficient (Wildman–Crippen LogP) is 3.46. The second-order valence-electron chi connectivity index (χ2n) is 7.55. The molecule has 0 aliphatic carbocycles. The summed E-state index contributed by atoms with van der Waals surface area (Å²) in [5.74, 6) is 0.630. The van der Waals surface area contributed by atoms with Gasteiger partial charge in [0.2, 0.25) is 0 Å². The van der Waals surface area contributed by atoms with Gasteiger partial charge in [0.15, 0.2) is 0 Å². The Morgan fingerprint density at radius 1 is 1.00 bits per heavy atom. The average Bonchev–Trinajstić information content (AvgIpc) is 2.76. The summed E-state index contributed by atoms with van der Waals surface area (Å²) < 4.78 is 5.03. The molecule has 0 aromatic heterocycles. The van der Waals surface area contributed by atoms with E-state index < -0.39 is 12.1 Å². The third kappa shape index (κ3) is 6.19. The van der Waals surface area contributed by atoms with Gasteiger partial charge < -0.3 is 14.5 Å². The lowest BCUT2D eigenvalue weighted by molar-refractivity contribution is 0.0862. The SMILES string of the molecule is CCOC(=O)N1CCN(C(=O)N(C(=O)NC2=NCCCCCC2)c2ccccc2)CC1. The van der Waals surface area contributed by atoms with Gasteiger partial charge in [0, 0.05) is 39.1 Å². The molecule has 9 heteroatoms. The van der Waals surface area contributed by atoms with E-state index in [1.807, 2.05) is 6.07 Å². The molecule has 0 spiro atoms. The van der Waals surface area contributed by atoms with Crippen molar-refractivity contribution in [2.24, 2.45) is 4.99 Å². The van der Waals surface area contributed by atoms with Crippen LogP contribution in [-0.4, -0.2) is 73.1 Å². The number of hydrogen-bond acceptors (Lipinski definition) is 5. The second kappa shape index (κ2) is 11.3. The van der Waals surface area contributed by atoms with Gasteiger partial charge in [0.25, 0.3) is 0 Å². The fourth-order valence-corrected chi connectivity index (χ4v) is 3.66. The number of ether oxygens (including phenoxy) is 1. The predicted molar refractivity (Wildman–Crippen MR) is 118 cm³/mol. The maximum absolute atomic E-state index is 13.3. The minimum Gasteiger partial charge on any atom is -0.450 e. The van der Waals surface area contributed by atoms with Gasteiger partial charge in [-0.15, -0.1) is 0 Å². The van der Waals surface area contributed by atoms with E-state index in [0.29, 0.717) is 57.3 Å². The molecule has 3 rings (SSSR count). The highest BCUT2D eigenvalue weighted by Gasteiger charge is 2.32. The largest absolute Gasteiger partial charge is 0.450 e.